The van der Waals surface area contributed by atoms with Gasteiger partial charge in [-0.25, -0.2) is 0 Å². The first-order valence-electron chi connectivity index (χ1n) is 5.78. The maximum absolute atomic E-state index is 11.8. The highest BCUT2D eigenvalue weighted by Gasteiger charge is 2.27. The second-order valence-corrected chi connectivity index (χ2v) is 4.59. The topological polar surface area (TPSA) is 54.0 Å². The number of aromatic nitrogens is 1. The number of carbonyl (C=O) groups excluding carboxylic acids is 1. The van der Waals surface area contributed by atoms with Crippen LogP contribution in [0.1, 0.15) is 21.8 Å². The highest BCUT2D eigenvalue weighted by molar-refractivity contribution is 6.23. The lowest BCUT2D eigenvalue weighted by Crippen LogP contribution is -2.40. The van der Waals surface area contributed by atoms with E-state index < -0.39 is 0 Å². The van der Waals surface area contributed by atoms with Gasteiger partial charge >= 0.3 is 0 Å². The average molecular weight is 225 g/mol. The molecular weight excluding hydrogens is 214 g/mol. The van der Waals surface area contributed by atoms with Crippen LogP contribution in [0.5, 0.6) is 0 Å². The van der Waals surface area contributed by atoms with Crippen LogP contribution in [0.2, 0.25) is 0 Å². The molecule has 0 radical (unpaired) electrons. The molecule has 1 saturated heterocycles. The van der Waals surface area contributed by atoms with E-state index >= 15 is 0 Å². The minimum Gasteiger partial charge on any atom is -0.321 e. The number of nitrogens with one attached hydrogen (secondary N) is 2. The second kappa shape index (κ2) is 3.05. The Morgan fingerprint density at radius 1 is 1.24 bits per heavy atom. The van der Waals surface area contributed by atoms with Crippen LogP contribution >= 0.6 is 0 Å². The summed E-state index contributed by atoms with van der Waals surface area (Å²) in [6.45, 7) is 2.00. The Labute approximate surface area is 98.0 Å². The molecule has 2 N–H and O–H groups in total. The summed E-state index contributed by atoms with van der Waals surface area (Å²) >= 11 is 0. The highest BCUT2D eigenvalue weighted by atomic mass is 16.1. The minimum absolute atomic E-state index is 0.0173. The number of rotatable bonds is 1. The fourth-order valence-corrected chi connectivity index (χ4v) is 2.61. The van der Waals surface area contributed by atoms with Crippen LogP contribution in [-0.4, -0.2) is 24.0 Å². The van der Waals surface area contributed by atoms with E-state index in [2.05, 4.69) is 15.6 Å². The second-order valence-electron chi connectivity index (χ2n) is 4.59. The maximum Gasteiger partial charge on any atom is 0.256 e. The van der Waals surface area contributed by atoms with Gasteiger partial charge in [0.25, 0.3) is 5.91 Å². The third kappa shape index (κ3) is 1.10. The molecule has 0 aliphatic carbocycles. The molecule has 1 aromatic heterocycles. The van der Waals surface area contributed by atoms with Gasteiger partial charge in [-0.1, -0.05) is 6.07 Å². The van der Waals surface area contributed by atoms with Gasteiger partial charge in [0.05, 0.1) is 16.8 Å². The fraction of sp³-hybridized carbons (Fsp3) is 0.231. The Balaban J connectivity index is 2.07. The normalized spacial score (nSPS) is 18.2. The van der Waals surface area contributed by atoms with Gasteiger partial charge in [-0.05, 0) is 17.7 Å². The molecule has 1 amide bonds. The van der Waals surface area contributed by atoms with E-state index in [9.17, 15) is 4.79 Å². The van der Waals surface area contributed by atoms with Crippen molar-refractivity contribution in [2.45, 2.75) is 5.92 Å². The van der Waals surface area contributed by atoms with Gasteiger partial charge in [-0.3, -0.25) is 9.78 Å². The van der Waals surface area contributed by atoms with Crippen LogP contribution in [0.4, 0.5) is 5.69 Å². The van der Waals surface area contributed by atoms with E-state index in [1.54, 1.807) is 6.20 Å². The molecule has 1 aromatic carbocycles. The number of carbonyl (C=O) groups is 1. The molecule has 84 valence electrons. The Bertz CT molecular complexity index is 646. The smallest absolute Gasteiger partial charge is 0.256 e. The van der Waals surface area contributed by atoms with Crippen LogP contribution in [0.15, 0.2) is 24.4 Å². The zero-order valence-corrected chi connectivity index (χ0v) is 9.16. The highest BCUT2D eigenvalue weighted by Crippen LogP contribution is 2.36. The summed E-state index contributed by atoms with van der Waals surface area (Å²) in [6, 6.07) is 5.83. The monoisotopic (exact) mass is 225 g/mol. The molecule has 0 atom stereocenters. The van der Waals surface area contributed by atoms with Crippen molar-refractivity contribution in [1.82, 2.24) is 10.3 Å². The largest absolute Gasteiger partial charge is 0.321 e. The lowest BCUT2D eigenvalue weighted by molar-refractivity contribution is 0.103. The average Bonchev–Trinajstić information content (AvgIpc) is 2.58. The zero-order chi connectivity index (χ0) is 11.4. The molecule has 0 unspecified atom stereocenters. The van der Waals surface area contributed by atoms with E-state index in [1.807, 2.05) is 18.2 Å². The van der Waals surface area contributed by atoms with Crippen molar-refractivity contribution >= 4 is 22.5 Å². The summed E-state index contributed by atoms with van der Waals surface area (Å²) in [5, 5.41) is 7.13. The number of hydrogen-bond acceptors (Lipinski definition) is 3. The summed E-state index contributed by atoms with van der Waals surface area (Å²) in [4.78, 5) is 16.2. The van der Waals surface area contributed by atoms with E-state index in [0.29, 0.717) is 5.92 Å². The zero-order valence-electron chi connectivity index (χ0n) is 9.16. The molecule has 2 aliphatic heterocycles. The lowest BCUT2D eigenvalue weighted by Gasteiger charge is -2.28. The van der Waals surface area contributed by atoms with Gasteiger partial charge in [-0.2, -0.15) is 0 Å². The summed E-state index contributed by atoms with van der Waals surface area (Å²) in [7, 11) is 0. The first kappa shape index (κ1) is 9.13. The summed E-state index contributed by atoms with van der Waals surface area (Å²) < 4.78 is 0. The van der Waals surface area contributed by atoms with Crippen LogP contribution in [-0.2, 0) is 0 Å². The number of nitrogens with zero attached hydrogens (tertiary/aromatic N) is 1. The van der Waals surface area contributed by atoms with Crippen molar-refractivity contribution in [3.63, 3.8) is 0 Å². The number of hydrogen-bond donors (Lipinski definition) is 2. The molecule has 3 heterocycles. The predicted molar refractivity (Wildman–Crippen MR) is 65.3 cm³/mol. The Kier molecular flexibility index (Phi) is 1.64. The van der Waals surface area contributed by atoms with Gasteiger partial charge in [0.2, 0.25) is 0 Å². The molecule has 17 heavy (non-hydrogen) atoms. The Morgan fingerprint density at radius 2 is 2.12 bits per heavy atom. The molecule has 0 saturated carbocycles. The molecule has 2 aliphatic rings. The van der Waals surface area contributed by atoms with Gasteiger partial charge in [0.15, 0.2) is 0 Å². The van der Waals surface area contributed by atoms with Crippen LogP contribution < -0.4 is 10.6 Å². The number of anilines is 1. The van der Waals surface area contributed by atoms with Gasteiger partial charge < -0.3 is 10.6 Å². The van der Waals surface area contributed by atoms with E-state index in [0.717, 1.165) is 35.2 Å². The van der Waals surface area contributed by atoms with Crippen LogP contribution in [0.3, 0.4) is 0 Å². The number of benzene rings is 1. The molecule has 0 spiro atoms. The molecule has 2 aromatic rings. The van der Waals surface area contributed by atoms with E-state index in [1.165, 1.54) is 5.56 Å². The fourth-order valence-electron chi connectivity index (χ4n) is 2.61. The predicted octanol–water partition coefficient (Wildman–Crippen LogP) is 1.49. The molecule has 4 nitrogen and oxygen atoms in total. The van der Waals surface area contributed by atoms with Crippen molar-refractivity contribution in [3.05, 3.63) is 35.5 Å². The number of amides is 1. The van der Waals surface area contributed by atoms with Gasteiger partial charge in [0, 0.05) is 30.6 Å². The first-order valence-corrected chi connectivity index (χ1v) is 5.78. The molecule has 4 heteroatoms. The minimum atomic E-state index is -0.0173. The summed E-state index contributed by atoms with van der Waals surface area (Å²) in [6.07, 6.45) is 1.77. The third-order valence-electron chi connectivity index (χ3n) is 3.64. The third-order valence-corrected chi connectivity index (χ3v) is 3.64. The van der Waals surface area contributed by atoms with Gasteiger partial charge in [-0.15, -0.1) is 0 Å². The van der Waals surface area contributed by atoms with Crippen molar-refractivity contribution in [2.24, 2.45) is 0 Å². The first-order chi connectivity index (χ1) is 8.34. The van der Waals surface area contributed by atoms with Crippen LogP contribution in [0, 0.1) is 0 Å². The maximum atomic E-state index is 11.8. The quantitative estimate of drug-likeness (QED) is 0.773. The molecule has 1 fully saturated rings. The van der Waals surface area contributed by atoms with E-state index in [4.69, 9.17) is 0 Å². The Hall–Kier alpha value is -1.94. The van der Waals surface area contributed by atoms with Crippen molar-refractivity contribution in [3.8, 4) is 0 Å². The lowest BCUT2D eigenvalue weighted by atomic mass is 9.90. The molecular formula is C13H11N3O. The number of pyridine rings is 1. The summed E-state index contributed by atoms with van der Waals surface area (Å²) in [5.74, 6) is 0.513. The SMILES string of the molecule is O=C1Nc2ccnc3c(C4CNC4)ccc1c23. The van der Waals surface area contributed by atoms with E-state index in [-0.39, 0.29) is 5.91 Å². The molecule has 4 rings (SSSR count). The molecule has 0 bridgehead atoms. The van der Waals surface area contributed by atoms with Crippen LogP contribution in [0.25, 0.3) is 10.9 Å². The van der Waals surface area contributed by atoms with Gasteiger partial charge in [0.1, 0.15) is 0 Å². The standard InChI is InChI=1S/C13H11N3O/c17-13-9-2-1-8(7-5-14-6-7)12-11(9)10(16-13)3-4-15-12/h1-4,7,14H,5-6H2,(H,16,17). The van der Waals surface area contributed by atoms with Crippen molar-refractivity contribution in [2.75, 3.05) is 18.4 Å². The Morgan fingerprint density at radius 3 is 2.88 bits per heavy atom. The summed E-state index contributed by atoms with van der Waals surface area (Å²) in [5.41, 5.74) is 3.87. The van der Waals surface area contributed by atoms with Crippen molar-refractivity contribution in [1.29, 1.82) is 0 Å². The van der Waals surface area contributed by atoms with Crippen molar-refractivity contribution < 1.29 is 4.79 Å².